The average molecular weight is 199 g/mol. The van der Waals surface area contributed by atoms with Crippen LogP contribution in [0.3, 0.4) is 0 Å². The second kappa shape index (κ2) is 2.64. The van der Waals surface area contributed by atoms with Crippen molar-refractivity contribution in [1.82, 2.24) is 0 Å². The van der Waals surface area contributed by atoms with E-state index >= 15 is 0 Å². The molecule has 0 fully saturated rings. The van der Waals surface area contributed by atoms with E-state index in [0.29, 0.717) is 11.1 Å². The van der Waals surface area contributed by atoms with Crippen LogP contribution in [-0.2, 0) is 0 Å². The molecule has 1 heterocycles. The Labute approximate surface area is 78.4 Å². The zero-order valence-electron chi connectivity index (χ0n) is 6.04. The summed E-state index contributed by atoms with van der Waals surface area (Å²) in [5, 5.41) is 0.560. The summed E-state index contributed by atoms with van der Waals surface area (Å²) < 4.78 is 14.7. The van der Waals surface area contributed by atoms with Crippen LogP contribution in [0.4, 0.5) is 10.1 Å². The highest BCUT2D eigenvalue weighted by Gasteiger charge is 2.06. The maximum Gasteiger partial charge on any atom is 0.132 e. The van der Waals surface area contributed by atoms with E-state index in [1.807, 2.05) is 0 Å². The number of benzene rings is 1. The van der Waals surface area contributed by atoms with Crippen LogP contribution in [0, 0.1) is 5.82 Å². The fourth-order valence-electron chi connectivity index (χ4n) is 1.10. The highest BCUT2D eigenvalue weighted by atomic mass is 32.2. The third-order valence-electron chi connectivity index (χ3n) is 1.65. The monoisotopic (exact) mass is 199 g/mol. The third kappa shape index (κ3) is 1.07. The van der Waals surface area contributed by atoms with Crippen molar-refractivity contribution in [2.24, 2.45) is 0 Å². The number of nitrogen functional groups attached to an aromatic ring is 1. The average Bonchev–Trinajstić information content (AvgIpc) is 2.41. The van der Waals surface area contributed by atoms with Crippen molar-refractivity contribution < 1.29 is 4.39 Å². The lowest BCUT2D eigenvalue weighted by Gasteiger charge is -1.95. The first-order chi connectivity index (χ1) is 5.68. The van der Waals surface area contributed by atoms with Crippen LogP contribution in [0.15, 0.2) is 22.4 Å². The van der Waals surface area contributed by atoms with Gasteiger partial charge in [0.15, 0.2) is 0 Å². The first-order valence-electron chi connectivity index (χ1n) is 3.35. The molecule has 0 bridgehead atoms. The molecule has 0 aliphatic rings. The van der Waals surface area contributed by atoms with Crippen LogP contribution in [0.2, 0.25) is 0 Å². The Balaban J connectivity index is 2.93. The zero-order valence-corrected chi connectivity index (χ0v) is 7.75. The smallest absolute Gasteiger partial charge is 0.132 e. The molecule has 1 aromatic carbocycles. The van der Waals surface area contributed by atoms with Gasteiger partial charge in [-0.25, -0.2) is 4.39 Å². The topological polar surface area (TPSA) is 26.0 Å². The molecule has 2 rings (SSSR count). The minimum atomic E-state index is -0.240. The molecule has 0 radical (unpaired) electrons. The molecular weight excluding hydrogens is 193 g/mol. The predicted molar refractivity (Wildman–Crippen MR) is 53.4 cm³/mol. The van der Waals surface area contributed by atoms with Crippen LogP contribution in [0.25, 0.3) is 10.1 Å². The van der Waals surface area contributed by atoms with E-state index < -0.39 is 0 Å². The summed E-state index contributed by atoms with van der Waals surface area (Å²) in [4.78, 5) is 0. The standard InChI is InChI=1S/C8H6FNS2/c9-5-1-2-6(10)8-4(5)3-7(11)12-8/h1-3,11H,10H2. The van der Waals surface area contributed by atoms with E-state index in [-0.39, 0.29) is 5.82 Å². The molecule has 4 heteroatoms. The normalized spacial score (nSPS) is 10.8. The number of thiol groups is 1. The maximum absolute atomic E-state index is 13.1. The quantitative estimate of drug-likeness (QED) is 0.495. The van der Waals surface area contributed by atoms with Crippen molar-refractivity contribution in [3.05, 3.63) is 24.0 Å². The van der Waals surface area contributed by atoms with E-state index in [4.69, 9.17) is 5.73 Å². The molecule has 0 saturated carbocycles. The molecule has 0 spiro atoms. The zero-order chi connectivity index (χ0) is 8.72. The van der Waals surface area contributed by atoms with Gasteiger partial charge in [0.2, 0.25) is 0 Å². The van der Waals surface area contributed by atoms with Crippen LogP contribution in [0.1, 0.15) is 0 Å². The summed E-state index contributed by atoms with van der Waals surface area (Å²) in [5.41, 5.74) is 6.26. The fraction of sp³-hybridized carbons (Fsp3) is 0. The van der Waals surface area contributed by atoms with Gasteiger partial charge >= 0.3 is 0 Å². The van der Waals surface area contributed by atoms with Gasteiger partial charge in [0, 0.05) is 11.1 Å². The van der Waals surface area contributed by atoms with Gasteiger partial charge in [-0.05, 0) is 18.2 Å². The van der Waals surface area contributed by atoms with E-state index in [2.05, 4.69) is 12.6 Å². The maximum atomic E-state index is 13.1. The summed E-state index contributed by atoms with van der Waals surface area (Å²) in [6.07, 6.45) is 0. The van der Waals surface area contributed by atoms with Crippen molar-refractivity contribution in [2.45, 2.75) is 4.21 Å². The SMILES string of the molecule is Nc1ccc(F)c2cc(S)sc12. The largest absolute Gasteiger partial charge is 0.398 e. The number of fused-ring (bicyclic) bond motifs is 1. The summed E-state index contributed by atoms with van der Waals surface area (Å²) >= 11 is 5.53. The molecule has 2 aromatic rings. The van der Waals surface area contributed by atoms with Gasteiger partial charge in [-0.2, -0.15) is 0 Å². The van der Waals surface area contributed by atoms with Gasteiger partial charge in [0.25, 0.3) is 0 Å². The Bertz CT molecular complexity index is 397. The summed E-state index contributed by atoms with van der Waals surface area (Å²) in [6, 6.07) is 4.63. The highest BCUT2D eigenvalue weighted by molar-refractivity contribution is 7.83. The van der Waals surface area contributed by atoms with Crippen LogP contribution < -0.4 is 5.73 Å². The van der Waals surface area contributed by atoms with Gasteiger partial charge in [-0.15, -0.1) is 24.0 Å². The van der Waals surface area contributed by atoms with Gasteiger partial charge < -0.3 is 5.73 Å². The highest BCUT2D eigenvalue weighted by Crippen LogP contribution is 2.33. The Morgan fingerprint density at radius 2 is 2.17 bits per heavy atom. The molecule has 0 aliphatic carbocycles. The first kappa shape index (κ1) is 7.89. The molecule has 0 saturated heterocycles. The molecule has 0 atom stereocenters. The third-order valence-corrected chi connectivity index (χ3v) is 3.04. The van der Waals surface area contributed by atoms with E-state index in [9.17, 15) is 4.39 Å². The second-order valence-corrected chi connectivity index (χ2v) is 4.30. The molecule has 0 amide bonds. The molecule has 0 aliphatic heterocycles. The Morgan fingerprint density at radius 1 is 1.42 bits per heavy atom. The Kier molecular flexibility index (Phi) is 1.73. The Hall–Kier alpha value is -0.740. The van der Waals surface area contributed by atoms with Crippen molar-refractivity contribution in [3.63, 3.8) is 0 Å². The van der Waals surface area contributed by atoms with Crippen LogP contribution in [0.5, 0.6) is 0 Å². The molecule has 1 aromatic heterocycles. The van der Waals surface area contributed by atoms with Crippen molar-refractivity contribution >= 4 is 39.7 Å². The molecule has 0 unspecified atom stereocenters. The van der Waals surface area contributed by atoms with Crippen molar-refractivity contribution in [3.8, 4) is 0 Å². The minimum Gasteiger partial charge on any atom is -0.398 e. The molecule has 62 valence electrons. The Morgan fingerprint density at radius 3 is 2.83 bits per heavy atom. The minimum absolute atomic E-state index is 0.240. The second-order valence-electron chi connectivity index (χ2n) is 2.46. The molecule has 2 N–H and O–H groups in total. The van der Waals surface area contributed by atoms with Crippen molar-refractivity contribution in [1.29, 1.82) is 0 Å². The van der Waals surface area contributed by atoms with Gasteiger partial charge in [-0.1, -0.05) is 0 Å². The predicted octanol–water partition coefficient (Wildman–Crippen LogP) is 2.91. The summed E-state index contributed by atoms with van der Waals surface area (Å²) in [6.45, 7) is 0. The summed E-state index contributed by atoms with van der Waals surface area (Å²) in [5.74, 6) is -0.240. The number of thiophene rings is 1. The van der Waals surface area contributed by atoms with Gasteiger partial charge in [0.05, 0.1) is 8.91 Å². The number of rotatable bonds is 0. The fourth-order valence-corrected chi connectivity index (χ4v) is 2.34. The lowest BCUT2D eigenvalue weighted by molar-refractivity contribution is 0.640. The number of hydrogen-bond acceptors (Lipinski definition) is 3. The molecular formula is C8H6FNS2. The summed E-state index contributed by atoms with van der Waals surface area (Å²) in [7, 11) is 0. The van der Waals surface area contributed by atoms with Crippen molar-refractivity contribution in [2.75, 3.05) is 5.73 Å². The number of nitrogens with two attached hydrogens (primary N) is 1. The first-order valence-corrected chi connectivity index (χ1v) is 4.61. The van der Waals surface area contributed by atoms with E-state index in [0.717, 1.165) is 8.91 Å². The number of halogens is 1. The lowest BCUT2D eigenvalue weighted by atomic mass is 10.2. The van der Waals surface area contributed by atoms with Gasteiger partial charge in [0.1, 0.15) is 5.82 Å². The van der Waals surface area contributed by atoms with Crippen LogP contribution in [-0.4, -0.2) is 0 Å². The van der Waals surface area contributed by atoms with Gasteiger partial charge in [-0.3, -0.25) is 0 Å². The number of hydrogen-bond donors (Lipinski definition) is 2. The van der Waals surface area contributed by atoms with E-state index in [1.165, 1.54) is 17.4 Å². The molecule has 1 nitrogen and oxygen atoms in total. The van der Waals surface area contributed by atoms with Crippen LogP contribution >= 0.6 is 24.0 Å². The molecule has 12 heavy (non-hydrogen) atoms. The lowest BCUT2D eigenvalue weighted by Crippen LogP contribution is -1.84. The van der Waals surface area contributed by atoms with E-state index in [1.54, 1.807) is 12.1 Å². The number of anilines is 1.